The number of halogens is 4. The summed E-state index contributed by atoms with van der Waals surface area (Å²) >= 11 is 0. The Hall–Kier alpha value is -4.91. The summed E-state index contributed by atoms with van der Waals surface area (Å²) in [6.07, 6.45) is 2.26. The van der Waals surface area contributed by atoms with Gasteiger partial charge in [0.25, 0.3) is 5.91 Å². The first kappa shape index (κ1) is 44.5. The summed E-state index contributed by atoms with van der Waals surface area (Å²) in [6.45, 7) is 5.64. The number of amides is 3. The summed E-state index contributed by atoms with van der Waals surface area (Å²) in [7, 11) is 0. The van der Waals surface area contributed by atoms with E-state index < -0.39 is 23.6 Å². The average Bonchev–Trinajstić information content (AvgIpc) is 3.81. The van der Waals surface area contributed by atoms with Crippen molar-refractivity contribution in [2.45, 2.75) is 89.4 Å². The topological polar surface area (TPSA) is 151 Å². The van der Waals surface area contributed by atoms with E-state index in [2.05, 4.69) is 0 Å². The van der Waals surface area contributed by atoms with E-state index in [1.165, 1.54) is 17.0 Å². The molecule has 4 atom stereocenters. The fraction of sp³-hybridized carbons (Fsp3) is 0.341. The van der Waals surface area contributed by atoms with E-state index in [0.717, 1.165) is 24.0 Å². The van der Waals surface area contributed by atoms with Crippen LogP contribution in [0.15, 0.2) is 97.1 Å². The molecule has 2 aliphatic heterocycles. The van der Waals surface area contributed by atoms with E-state index >= 15 is 0 Å². The van der Waals surface area contributed by atoms with Gasteiger partial charge in [-0.15, -0.1) is 12.4 Å². The molecule has 3 amide bonds. The highest BCUT2D eigenvalue weighted by Crippen LogP contribution is 2.38. The molecule has 2 aliphatic rings. The molecule has 0 bridgehead atoms. The standard InChI is InChI=1S/C23H27FN2O4.C18H19FN2O2.2ClH/c1-23(2,3)30-22(28)26-19(12-13-20(26)21(25)27)15-8-10-17(11-9-15)29-14-16-6-4-5-7-18(16)24;19-15-4-2-1-3-13(15)11-23-14-7-5-12(6-8-14)16-9-10-17(21-16)18(20)22;;/h4-11,19-20H,12-14H2,1-3H3,(H2,25,27);1-8,16-17,21H,9-11H2,(H2,20,22);2*1H/t19-,20+;16-,17+;;/m11../s1. The third kappa shape index (κ3) is 12.3. The van der Waals surface area contributed by atoms with Crippen LogP contribution in [0.25, 0.3) is 0 Å². The molecule has 4 aromatic carbocycles. The second kappa shape index (κ2) is 20.1. The lowest BCUT2D eigenvalue weighted by Gasteiger charge is -2.31. The number of quaternary nitrogens is 1. The van der Waals surface area contributed by atoms with Gasteiger partial charge in [-0.3, -0.25) is 14.5 Å². The molecule has 0 aliphatic carbocycles. The summed E-state index contributed by atoms with van der Waals surface area (Å²) in [4.78, 5) is 37.3. The van der Waals surface area contributed by atoms with Crippen molar-refractivity contribution in [1.82, 2.24) is 4.90 Å². The number of nitrogens with two attached hydrogens (primary N) is 3. The molecule has 0 saturated carbocycles. The number of primary amides is 2. The first-order valence-corrected chi connectivity index (χ1v) is 17.7. The number of nitrogens with zero attached hydrogens (tertiary/aromatic N) is 1. The largest absolute Gasteiger partial charge is 1.00 e. The number of carbonyl (C=O) groups excluding carboxylic acids is 3. The van der Waals surface area contributed by atoms with E-state index in [1.807, 2.05) is 41.7 Å². The van der Waals surface area contributed by atoms with Crippen LogP contribution >= 0.6 is 12.4 Å². The minimum Gasteiger partial charge on any atom is -1.00 e. The monoisotopic (exact) mass is 800 g/mol. The maximum absolute atomic E-state index is 13.7. The smallest absolute Gasteiger partial charge is 0.411 e. The molecule has 6 rings (SSSR count). The minimum absolute atomic E-state index is 0. The third-order valence-electron chi connectivity index (χ3n) is 9.21. The summed E-state index contributed by atoms with van der Waals surface area (Å²) in [5, 5.41) is 2.03. The number of carbonyl (C=O) groups is 3. The van der Waals surface area contributed by atoms with Crippen LogP contribution < -0.4 is 38.7 Å². The predicted octanol–water partition coefficient (Wildman–Crippen LogP) is 3.41. The molecule has 0 radical (unpaired) electrons. The van der Waals surface area contributed by atoms with Gasteiger partial charge < -0.3 is 43.4 Å². The number of likely N-dealkylation sites (tertiary alicyclic amines) is 1. The first-order valence-electron chi connectivity index (χ1n) is 17.7. The maximum Gasteiger partial charge on any atom is 0.411 e. The number of rotatable bonds is 10. The van der Waals surface area contributed by atoms with Crippen LogP contribution in [0.3, 0.4) is 0 Å². The third-order valence-corrected chi connectivity index (χ3v) is 9.21. The van der Waals surface area contributed by atoms with Gasteiger partial charge in [0, 0.05) is 29.5 Å². The zero-order chi connectivity index (χ0) is 38.1. The Labute approximate surface area is 332 Å². The molecule has 14 heteroatoms. The summed E-state index contributed by atoms with van der Waals surface area (Å²) < 4.78 is 44.1. The lowest BCUT2D eigenvalue weighted by molar-refractivity contribution is -0.695. The van der Waals surface area contributed by atoms with Crippen molar-refractivity contribution in [3.05, 3.63) is 131 Å². The Morgan fingerprint density at radius 2 is 1.20 bits per heavy atom. The Kier molecular flexibility index (Phi) is 16.3. The SMILES string of the molecule is CC(C)(C)OC(=O)N1[C@@H](c2ccc(OCc3ccccc3F)cc2)CC[C@H]1C(N)=O.Cl.NC(=O)[C@@H]1CC[C@H](c2ccc(OCc3ccccc3F)cc2)[NH2+]1.[Cl-]. The zero-order valence-electron chi connectivity index (χ0n) is 31.0. The Morgan fingerprint density at radius 3 is 1.64 bits per heavy atom. The molecular weight excluding hydrogens is 753 g/mol. The van der Waals surface area contributed by atoms with Crippen LogP contribution in [-0.2, 0) is 27.5 Å². The summed E-state index contributed by atoms with van der Waals surface area (Å²) in [5.74, 6) is -0.102. The van der Waals surface area contributed by atoms with E-state index in [-0.39, 0.29) is 73.7 Å². The molecule has 296 valence electrons. The van der Waals surface area contributed by atoms with Gasteiger partial charge in [-0.2, -0.15) is 0 Å². The van der Waals surface area contributed by atoms with E-state index in [1.54, 1.807) is 69.3 Å². The van der Waals surface area contributed by atoms with Gasteiger partial charge >= 0.3 is 6.09 Å². The second-order valence-corrected chi connectivity index (χ2v) is 14.2. The molecule has 2 heterocycles. The molecule has 2 fully saturated rings. The molecule has 55 heavy (non-hydrogen) atoms. The molecular formula is C41H48Cl2F2N4O6. The molecule has 6 N–H and O–H groups in total. The van der Waals surface area contributed by atoms with Gasteiger partial charge in [-0.05, 0) is 87.7 Å². The van der Waals surface area contributed by atoms with Crippen LogP contribution in [0.5, 0.6) is 11.5 Å². The van der Waals surface area contributed by atoms with E-state index in [9.17, 15) is 23.2 Å². The fourth-order valence-electron chi connectivity index (χ4n) is 6.48. The molecule has 0 unspecified atom stereocenters. The van der Waals surface area contributed by atoms with Gasteiger partial charge in [0.1, 0.15) is 54.0 Å². The lowest BCUT2D eigenvalue weighted by Crippen LogP contribution is -3.00. The minimum atomic E-state index is -0.707. The van der Waals surface area contributed by atoms with Gasteiger partial charge in [0.15, 0.2) is 6.04 Å². The van der Waals surface area contributed by atoms with Gasteiger partial charge in [0.05, 0.1) is 6.04 Å². The summed E-state index contributed by atoms with van der Waals surface area (Å²) in [5.41, 5.74) is 13.2. The zero-order valence-corrected chi connectivity index (χ0v) is 32.5. The van der Waals surface area contributed by atoms with Crippen LogP contribution in [0.2, 0.25) is 0 Å². The number of hydrogen-bond acceptors (Lipinski definition) is 6. The van der Waals surface area contributed by atoms with Crippen molar-refractivity contribution in [1.29, 1.82) is 0 Å². The van der Waals surface area contributed by atoms with Crippen LogP contribution in [-0.4, -0.2) is 40.5 Å². The highest BCUT2D eigenvalue weighted by molar-refractivity contribution is 5.85. The molecule has 10 nitrogen and oxygen atoms in total. The number of ether oxygens (including phenoxy) is 3. The first-order chi connectivity index (χ1) is 25.3. The van der Waals surface area contributed by atoms with Crippen molar-refractivity contribution in [3.63, 3.8) is 0 Å². The number of benzene rings is 4. The molecule has 4 aromatic rings. The molecule has 0 aromatic heterocycles. The van der Waals surface area contributed by atoms with Crippen LogP contribution in [0, 0.1) is 11.6 Å². The molecule has 0 spiro atoms. The molecule has 2 saturated heterocycles. The Morgan fingerprint density at radius 1 is 0.709 bits per heavy atom. The van der Waals surface area contributed by atoms with Gasteiger partial charge in [-0.25, -0.2) is 13.6 Å². The van der Waals surface area contributed by atoms with Crippen molar-refractivity contribution in [3.8, 4) is 11.5 Å². The lowest BCUT2D eigenvalue weighted by atomic mass is 10.0. The fourth-order valence-corrected chi connectivity index (χ4v) is 6.48. The van der Waals surface area contributed by atoms with Gasteiger partial charge in [-0.1, -0.05) is 48.5 Å². The van der Waals surface area contributed by atoms with E-state index in [4.69, 9.17) is 25.7 Å². The summed E-state index contributed by atoms with van der Waals surface area (Å²) in [6, 6.07) is 27.1. The Bertz CT molecular complexity index is 1880. The number of hydrogen-bond donors (Lipinski definition) is 3. The quantitative estimate of drug-likeness (QED) is 0.224. The Balaban J connectivity index is 0.000000294. The normalized spacial score (nSPS) is 18.8. The van der Waals surface area contributed by atoms with Crippen molar-refractivity contribution < 1.29 is 55.1 Å². The van der Waals surface area contributed by atoms with Crippen LogP contribution in [0.4, 0.5) is 13.6 Å². The van der Waals surface area contributed by atoms with Crippen LogP contribution in [0.1, 0.15) is 80.8 Å². The van der Waals surface area contributed by atoms with Crippen molar-refractivity contribution in [2.75, 3.05) is 0 Å². The average molecular weight is 802 g/mol. The second-order valence-electron chi connectivity index (χ2n) is 14.2. The van der Waals surface area contributed by atoms with Gasteiger partial charge in [0.2, 0.25) is 5.91 Å². The van der Waals surface area contributed by atoms with E-state index in [0.29, 0.717) is 35.5 Å². The highest BCUT2D eigenvalue weighted by atomic mass is 35.5. The predicted molar refractivity (Wildman–Crippen MR) is 202 cm³/mol. The van der Waals surface area contributed by atoms with Crippen molar-refractivity contribution in [2.24, 2.45) is 11.5 Å². The maximum atomic E-state index is 13.7. The highest BCUT2D eigenvalue weighted by Gasteiger charge is 2.42. The van der Waals surface area contributed by atoms with Crippen molar-refractivity contribution >= 4 is 30.3 Å².